The Hall–Kier alpha value is -0.680. The summed E-state index contributed by atoms with van der Waals surface area (Å²) in [6, 6.07) is 4.37. The van der Waals surface area contributed by atoms with Gasteiger partial charge in [0.1, 0.15) is 5.82 Å². The van der Waals surface area contributed by atoms with E-state index in [1.165, 1.54) is 6.07 Å². The highest BCUT2D eigenvalue weighted by Crippen LogP contribution is 2.22. The van der Waals surface area contributed by atoms with Crippen molar-refractivity contribution in [1.29, 1.82) is 0 Å². The van der Waals surface area contributed by atoms with Crippen molar-refractivity contribution in [3.8, 4) is 0 Å². The summed E-state index contributed by atoms with van der Waals surface area (Å²) in [5.41, 5.74) is 6.88. The van der Waals surface area contributed by atoms with Crippen LogP contribution in [0.5, 0.6) is 0 Å². The van der Waals surface area contributed by atoms with Crippen LogP contribution < -0.4 is 11.1 Å². The Morgan fingerprint density at radius 1 is 1.56 bits per heavy atom. The normalized spacial score (nSPS) is 23.1. The zero-order valence-corrected chi connectivity index (χ0v) is 9.51. The third-order valence-electron chi connectivity index (χ3n) is 2.71. The molecular weight excluding hydrogens is 231 g/mol. The number of hydrogen-bond donors (Lipinski definition) is 2. The highest BCUT2D eigenvalue weighted by atomic mass is 35.5. The van der Waals surface area contributed by atoms with Crippen molar-refractivity contribution < 1.29 is 9.13 Å². The molecule has 1 fully saturated rings. The quantitative estimate of drug-likeness (QED) is 0.828. The minimum atomic E-state index is -0.425. The molecule has 0 amide bonds. The van der Waals surface area contributed by atoms with Gasteiger partial charge in [-0.05, 0) is 17.7 Å². The first-order valence-electron chi connectivity index (χ1n) is 5.20. The maximum Gasteiger partial charge on any atom is 0.141 e. The van der Waals surface area contributed by atoms with Crippen LogP contribution >= 0.6 is 11.6 Å². The SMILES string of the molecule is NC(c1ccc(F)c(Cl)c1)C1COCCN1. The van der Waals surface area contributed by atoms with Crippen molar-refractivity contribution in [2.24, 2.45) is 5.73 Å². The first kappa shape index (κ1) is 11.8. The van der Waals surface area contributed by atoms with Crippen molar-refractivity contribution >= 4 is 11.6 Å². The molecule has 2 rings (SSSR count). The smallest absolute Gasteiger partial charge is 0.141 e. The van der Waals surface area contributed by atoms with E-state index in [4.69, 9.17) is 22.1 Å². The van der Waals surface area contributed by atoms with Crippen LogP contribution in [0, 0.1) is 5.82 Å². The first-order valence-corrected chi connectivity index (χ1v) is 5.58. The number of hydrogen-bond acceptors (Lipinski definition) is 3. The van der Waals surface area contributed by atoms with E-state index in [2.05, 4.69) is 5.32 Å². The Morgan fingerprint density at radius 3 is 3.00 bits per heavy atom. The standard InChI is InChI=1S/C11H14ClFN2O/c12-8-5-7(1-2-9(8)13)11(14)10-6-16-4-3-15-10/h1-2,5,10-11,15H,3-4,6,14H2. The van der Waals surface area contributed by atoms with Gasteiger partial charge in [-0.15, -0.1) is 0 Å². The summed E-state index contributed by atoms with van der Waals surface area (Å²) in [4.78, 5) is 0. The predicted octanol–water partition coefficient (Wildman–Crippen LogP) is 1.47. The lowest BCUT2D eigenvalue weighted by Gasteiger charge is -2.29. The molecule has 1 aromatic carbocycles. The number of benzene rings is 1. The van der Waals surface area contributed by atoms with Crippen molar-refractivity contribution in [1.82, 2.24) is 5.32 Å². The third kappa shape index (κ3) is 2.52. The molecule has 0 spiro atoms. The zero-order valence-electron chi connectivity index (χ0n) is 8.75. The minimum Gasteiger partial charge on any atom is -0.378 e. The lowest BCUT2D eigenvalue weighted by Crippen LogP contribution is -2.47. The number of ether oxygens (including phenoxy) is 1. The topological polar surface area (TPSA) is 47.3 Å². The largest absolute Gasteiger partial charge is 0.378 e. The Bertz CT molecular complexity index is 369. The summed E-state index contributed by atoms with van der Waals surface area (Å²) in [5.74, 6) is -0.425. The Morgan fingerprint density at radius 2 is 2.38 bits per heavy atom. The molecule has 3 nitrogen and oxygen atoms in total. The number of halogens is 2. The van der Waals surface area contributed by atoms with Gasteiger partial charge in [-0.1, -0.05) is 17.7 Å². The lowest BCUT2D eigenvalue weighted by molar-refractivity contribution is 0.0685. The molecule has 0 aliphatic carbocycles. The Balaban J connectivity index is 2.12. The summed E-state index contributed by atoms with van der Waals surface area (Å²) in [6.45, 7) is 2.05. The van der Waals surface area contributed by atoms with E-state index in [-0.39, 0.29) is 17.1 Å². The summed E-state index contributed by atoms with van der Waals surface area (Å²) >= 11 is 5.71. The second kappa shape index (κ2) is 5.10. The number of nitrogens with one attached hydrogen (secondary N) is 1. The van der Waals surface area contributed by atoms with Gasteiger partial charge < -0.3 is 15.8 Å². The predicted molar refractivity (Wildman–Crippen MR) is 60.9 cm³/mol. The molecule has 5 heteroatoms. The fraction of sp³-hybridized carbons (Fsp3) is 0.455. The molecule has 2 unspecified atom stereocenters. The molecule has 16 heavy (non-hydrogen) atoms. The molecular formula is C11H14ClFN2O. The van der Waals surface area contributed by atoms with Crippen LogP contribution in [0.15, 0.2) is 18.2 Å². The van der Waals surface area contributed by atoms with E-state index in [9.17, 15) is 4.39 Å². The van der Waals surface area contributed by atoms with Crippen LogP contribution in [0.3, 0.4) is 0 Å². The highest BCUT2D eigenvalue weighted by Gasteiger charge is 2.22. The lowest BCUT2D eigenvalue weighted by atomic mass is 10.00. The van der Waals surface area contributed by atoms with E-state index in [1.54, 1.807) is 12.1 Å². The van der Waals surface area contributed by atoms with Gasteiger partial charge in [0.2, 0.25) is 0 Å². The molecule has 0 saturated carbocycles. The Kier molecular flexibility index (Phi) is 3.76. The van der Waals surface area contributed by atoms with Crippen molar-refractivity contribution in [3.63, 3.8) is 0 Å². The van der Waals surface area contributed by atoms with Gasteiger partial charge in [0.25, 0.3) is 0 Å². The van der Waals surface area contributed by atoms with Crippen LogP contribution in [-0.4, -0.2) is 25.8 Å². The summed E-state index contributed by atoms with van der Waals surface area (Å²) < 4.78 is 18.3. The molecule has 2 atom stereocenters. The molecule has 0 aromatic heterocycles. The van der Waals surface area contributed by atoms with Crippen molar-refractivity contribution in [2.75, 3.05) is 19.8 Å². The van der Waals surface area contributed by atoms with Gasteiger partial charge in [0.15, 0.2) is 0 Å². The average molecular weight is 245 g/mol. The molecule has 1 aliphatic rings. The molecule has 88 valence electrons. The average Bonchev–Trinajstić information content (AvgIpc) is 2.33. The van der Waals surface area contributed by atoms with Crippen LogP contribution in [-0.2, 0) is 4.74 Å². The molecule has 1 saturated heterocycles. The molecule has 1 aliphatic heterocycles. The molecule has 0 radical (unpaired) electrons. The summed E-state index contributed by atoms with van der Waals surface area (Å²) in [6.07, 6.45) is 0. The molecule has 1 aromatic rings. The van der Waals surface area contributed by atoms with Crippen LogP contribution in [0.1, 0.15) is 11.6 Å². The maximum atomic E-state index is 13.0. The van der Waals surface area contributed by atoms with Crippen molar-refractivity contribution in [3.05, 3.63) is 34.6 Å². The van der Waals surface area contributed by atoms with Gasteiger partial charge in [-0.3, -0.25) is 0 Å². The van der Waals surface area contributed by atoms with Crippen molar-refractivity contribution in [2.45, 2.75) is 12.1 Å². The summed E-state index contributed by atoms with van der Waals surface area (Å²) in [5, 5.41) is 3.37. The number of nitrogens with two attached hydrogens (primary N) is 1. The van der Waals surface area contributed by atoms with E-state index in [0.717, 1.165) is 12.1 Å². The second-order valence-electron chi connectivity index (χ2n) is 3.83. The molecule has 3 N–H and O–H groups in total. The number of morpholine rings is 1. The van der Waals surface area contributed by atoms with E-state index in [0.29, 0.717) is 13.2 Å². The summed E-state index contributed by atoms with van der Waals surface area (Å²) in [7, 11) is 0. The van der Waals surface area contributed by atoms with Crippen LogP contribution in [0.4, 0.5) is 4.39 Å². The second-order valence-corrected chi connectivity index (χ2v) is 4.24. The van der Waals surface area contributed by atoms with E-state index >= 15 is 0 Å². The fourth-order valence-corrected chi connectivity index (χ4v) is 1.96. The monoisotopic (exact) mass is 244 g/mol. The first-order chi connectivity index (χ1) is 7.68. The van der Waals surface area contributed by atoms with Gasteiger partial charge in [-0.25, -0.2) is 4.39 Å². The van der Waals surface area contributed by atoms with Crippen LogP contribution in [0.2, 0.25) is 5.02 Å². The highest BCUT2D eigenvalue weighted by molar-refractivity contribution is 6.30. The minimum absolute atomic E-state index is 0.0512. The maximum absolute atomic E-state index is 13.0. The van der Waals surface area contributed by atoms with E-state index in [1.807, 2.05) is 0 Å². The van der Waals surface area contributed by atoms with Gasteiger partial charge >= 0.3 is 0 Å². The number of rotatable bonds is 2. The van der Waals surface area contributed by atoms with Gasteiger partial charge in [0, 0.05) is 18.6 Å². The van der Waals surface area contributed by atoms with Gasteiger partial charge in [-0.2, -0.15) is 0 Å². The van der Waals surface area contributed by atoms with E-state index < -0.39 is 5.82 Å². The molecule has 0 bridgehead atoms. The van der Waals surface area contributed by atoms with Gasteiger partial charge in [0.05, 0.1) is 18.2 Å². The van der Waals surface area contributed by atoms with Crippen LogP contribution in [0.25, 0.3) is 0 Å². The molecule has 1 heterocycles. The third-order valence-corrected chi connectivity index (χ3v) is 3.00. The fourth-order valence-electron chi connectivity index (χ4n) is 1.77. The zero-order chi connectivity index (χ0) is 11.5. The Labute approximate surface area is 98.7 Å².